The van der Waals surface area contributed by atoms with Crippen LogP contribution < -0.4 is 0 Å². The lowest BCUT2D eigenvalue weighted by Crippen LogP contribution is -2.54. The molecule has 3 atom stereocenters. The third-order valence-electron chi connectivity index (χ3n) is 3.10. The molecule has 0 aliphatic rings. The third-order valence-corrected chi connectivity index (χ3v) is 3.10. The largest absolute Gasteiger partial charge is 0.394 e. The number of carbonyl (C=O) groups is 1. The number of Topliss-reactive ketones (excluding diaryl/α,β-unsaturated/α-hetero) is 1. The third kappa shape index (κ3) is 4.35. The minimum Gasteiger partial charge on any atom is -0.394 e. The Bertz CT molecular complexity index is 231. The predicted octanol–water partition coefficient (Wildman–Crippen LogP) is 0.255. The van der Waals surface area contributed by atoms with Crippen LogP contribution in [0.1, 0.15) is 39.5 Å². The van der Waals surface area contributed by atoms with Crippen LogP contribution in [0.25, 0.3) is 0 Å². The van der Waals surface area contributed by atoms with Crippen LogP contribution >= 0.6 is 0 Å². The second kappa shape index (κ2) is 7.76. The molecule has 0 fully saturated rings. The standard InChI is InChI=1S/C12H24O5/c1-4-5-6-7-10(15)12(2,17-3)11(16)9(14)8-13/h9,11,13-14,16H,4-8H2,1-3H3. The van der Waals surface area contributed by atoms with Crippen molar-refractivity contribution >= 4 is 5.78 Å². The molecule has 17 heavy (non-hydrogen) atoms. The number of aliphatic hydroxyl groups is 3. The lowest BCUT2D eigenvalue weighted by Gasteiger charge is -2.33. The second-order valence-corrected chi connectivity index (χ2v) is 4.39. The smallest absolute Gasteiger partial charge is 0.167 e. The van der Waals surface area contributed by atoms with Gasteiger partial charge in [-0.2, -0.15) is 0 Å². The number of hydrogen-bond acceptors (Lipinski definition) is 5. The van der Waals surface area contributed by atoms with Crippen LogP contribution in [0, 0.1) is 0 Å². The molecule has 0 aromatic heterocycles. The molecule has 0 aromatic carbocycles. The van der Waals surface area contributed by atoms with Gasteiger partial charge >= 0.3 is 0 Å². The molecule has 102 valence electrons. The van der Waals surface area contributed by atoms with E-state index in [-0.39, 0.29) is 5.78 Å². The van der Waals surface area contributed by atoms with Crippen LogP contribution in [0.4, 0.5) is 0 Å². The number of methoxy groups -OCH3 is 1. The molecule has 0 spiro atoms. The average molecular weight is 248 g/mol. The van der Waals surface area contributed by atoms with Crippen molar-refractivity contribution in [2.45, 2.75) is 57.3 Å². The molecule has 0 radical (unpaired) electrons. The van der Waals surface area contributed by atoms with Gasteiger partial charge < -0.3 is 20.1 Å². The van der Waals surface area contributed by atoms with E-state index in [0.29, 0.717) is 6.42 Å². The summed E-state index contributed by atoms with van der Waals surface area (Å²) >= 11 is 0. The first-order valence-corrected chi connectivity index (χ1v) is 5.99. The van der Waals surface area contributed by atoms with E-state index in [1.165, 1.54) is 14.0 Å². The lowest BCUT2D eigenvalue weighted by atomic mass is 9.87. The summed E-state index contributed by atoms with van der Waals surface area (Å²) in [6.45, 7) is 2.86. The molecule has 0 amide bonds. The molecule has 3 unspecified atom stereocenters. The summed E-state index contributed by atoms with van der Waals surface area (Å²) < 4.78 is 5.04. The fourth-order valence-corrected chi connectivity index (χ4v) is 1.65. The lowest BCUT2D eigenvalue weighted by molar-refractivity contribution is -0.168. The van der Waals surface area contributed by atoms with E-state index in [1.807, 2.05) is 6.92 Å². The zero-order valence-corrected chi connectivity index (χ0v) is 10.8. The van der Waals surface area contributed by atoms with Crippen molar-refractivity contribution in [1.82, 2.24) is 0 Å². The number of aliphatic hydroxyl groups excluding tert-OH is 3. The van der Waals surface area contributed by atoms with Gasteiger partial charge in [0.05, 0.1) is 6.61 Å². The molecule has 0 aromatic rings. The number of carbonyl (C=O) groups excluding carboxylic acids is 1. The van der Waals surface area contributed by atoms with Crippen LogP contribution in [0.2, 0.25) is 0 Å². The van der Waals surface area contributed by atoms with Gasteiger partial charge in [0.25, 0.3) is 0 Å². The Morgan fingerprint density at radius 3 is 2.35 bits per heavy atom. The number of unbranched alkanes of at least 4 members (excludes halogenated alkanes) is 2. The van der Waals surface area contributed by atoms with Gasteiger partial charge in [0.2, 0.25) is 0 Å². The average Bonchev–Trinajstić information content (AvgIpc) is 2.35. The summed E-state index contributed by atoms with van der Waals surface area (Å²) in [6.07, 6.45) is 0.161. The first kappa shape index (κ1) is 16.5. The van der Waals surface area contributed by atoms with Crippen LogP contribution in [0.15, 0.2) is 0 Å². The van der Waals surface area contributed by atoms with Gasteiger partial charge in [0.1, 0.15) is 12.2 Å². The van der Waals surface area contributed by atoms with E-state index < -0.39 is 24.4 Å². The Kier molecular flexibility index (Phi) is 7.54. The minimum absolute atomic E-state index is 0.256. The molecule has 0 heterocycles. The zero-order chi connectivity index (χ0) is 13.5. The van der Waals surface area contributed by atoms with Crippen molar-refractivity contribution in [2.75, 3.05) is 13.7 Å². The van der Waals surface area contributed by atoms with Gasteiger partial charge in [-0.25, -0.2) is 0 Å². The maximum atomic E-state index is 12.0. The second-order valence-electron chi connectivity index (χ2n) is 4.39. The summed E-state index contributed by atoms with van der Waals surface area (Å²) in [5.41, 5.74) is -1.46. The van der Waals surface area contributed by atoms with Gasteiger partial charge in [0.15, 0.2) is 11.4 Å². The topological polar surface area (TPSA) is 87.0 Å². The van der Waals surface area contributed by atoms with Gasteiger partial charge in [-0.15, -0.1) is 0 Å². The highest BCUT2D eigenvalue weighted by molar-refractivity contribution is 5.87. The fraction of sp³-hybridized carbons (Fsp3) is 0.917. The van der Waals surface area contributed by atoms with Gasteiger partial charge in [0, 0.05) is 13.5 Å². The van der Waals surface area contributed by atoms with Crippen molar-refractivity contribution in [1.29, 1.82) is 0 Å². The highest BCUT2D eigenvalue weighted by Gasteiger charge is 2.43. The van der Waals surface area contributed by atoms with Crippen molar-refractivity contribution < 1.29 is 24.9 Å². The fourth-order valence-electron chi connectivity index (χ4n) is 1.65. The van der Waals surface area contributed by atoms with E-state index in [9.17, 15) is 15.0 Å². The van der Waals surface area contributed by atoms with Crippen molar-refractivity contribution in [3.8, 4) is 0 Å². The highest BCUT2D eigenvalue weighted by atomic mass is 16.5. The highest BCUT2D eigenvalue weighted by Crippen LogP contribution is 2.22. The molecule has 0 aliphatic carbocycles. The molecule has 3 N–H and O–H groups in total. The monoisotopic (exact) mass is 248 g/mol. The molecule has 0 saturated carbocycles. The first-order valence-electron chi connectivity index (χ1n) is 5.99. The maximum Gasteiger partial charge on any atom is 0.167 e. The molecule has 0 rings (SSSR count). The Labute approximate surface area is 102 Å². The van der Waals surface area contributed by atoms with E-state index in [2.05, 4.69) is 0 Å². The Hall–Kier alpha value is -0.490. The summed E-state index contributed by atoms with van der Waals surface area (Å²) in [6, 6.07) is 0. The van der Waals surface area contributed by atoms with Crippen molar-refractivity contribution in [2.24, 2.45) is 0 Å². The Balaban J connectivity index is 4.58. The van der Waals surface area contributed by atoms with Crippen LogP contribution in [-0.4, -0.2) is 52.6 Å². The first-order chi connectivity index (χ1) is 7.93. The van der Waals surface area contributed by atoms with Crippen LogP contribution in [0.3, 0.4) is 0 Å². The summed E-state index contributed by atoms with van der Waals surface area (Å²) in [7, 11) is 1.31. The molecule has 0 saturated heterocycles. The SMILES string of the molecule is CCCCCC(=O)C(C)(OC)C(O)C(O)CO. The Morgan fingerprint density at radius 1 is 1.35 bits per heavy atom. The van der Waals surface area contributed by atoms with Crippen molar-refractivity contribution in [3.63, 3.8) is 0 Å². The zero-order valence-electron chi connectivity index (χ0n) is 10.8. The molecule has 5 nitrogen and oxygen atoms in total. The number of ether oxygens (including phenoxy) is 1. The molecular weight excluding hydrogens is 224 g/mol. The van der Waals surface area contributed by atoms with Crippen LogP contribution in [0.5, 0.6) is 0 Å². The molecule has 0 aliphatic heterocycles. The summed E-state index contributed by atoms with van der Waals surface area (Å²) in [4.78, 5) is 12.0. The van der Waals surface area contributed by atoms with Gasteiger partial charge in [-0.1, -0.05) is 19.8 Å². The Morgan fingerprint density at radius 2 is 1.94 bits per heavy atom. The predicted molar refractivity (Wildman–Crippen MR) is 63.7 cm³/mol. The van der Waals surface area contributed by atoms with E-state index in [4.69, 9.17) is 9.84 Å². The maximum absolute atomic E-state index is 12.0. The molecular formula is C12H24O5. The number of hydrogen-bond donors (Lipinski definition) is 3. The minimum atomic E-state index is -1.46. The van der Waals surface area contributed by atoms with Gasteiger partial charge in [-0.3, -0.25) is 4.79 Å². The number of ketones is 1. The van der Waals surface area contributed by atoms with E-state index in [0.717, 1.165) is 19.3 Å². The summed E-state index contributed by atoms with van der Waals surface area (Å²) in [5.74, 6) is -0.256. The van der Waals surface area contributed by atoms with Crippen molar-refractivity contribution in [3.05, 3.63) is 0 Å². The molecule has 0 bridgehead atoms. The van der Waals surface area contributed by atoms with Gasteiger partial charge in [-0.05, 0) is 13.3 Å². The molecule has 5 heteroatoms. The quantitative estimate of drug-likeness (QED) is 0.509. The number of rotatable bonds is 9. The summed E-state index contributed by atoms with van der Waals surface area (Å²) in [5, 5.41) is 28.0. The normalized spacial score (nSPS) is 18.5. The van der Waals surface area contributed by atoms with E-state index in [1.54, 1.807) is 0 Å². The van der Waals surface area contributed by atoms with Crippen LogP contribution in [-0.2, 0) is 9.53 Å². The van der Waals surface area contributed by atoms with E-state index >= 15 is 0 Å².